The average molecular weight is 340 g/mol. The third-order valence-corrected chi connectivity index (χ3v) is 4.76. The Morgan fingerprint density at radius 1 is 1.24 bits per heavy atom. The molecule has 1 amide bonds. The normalized spacial score (nSPS) is 19.9. The minimum Gasteiger partial charge on any atom is -0.364 e. The molecule has 1 aliphatic heterocycles. The van der Waals surface area contributed by atoms with Crippen LogP contribution in [0.25, 0.3) is 0 Å². The predicted molar refractivity (Wildman–Crippen MR) is 96.2 cm³/mol. The van der Waals surface area contributed by atoms with Crippen LogP contribution in [0.15, 0.2) is 48.8 Å². The summed E-state index contributed by atoms with van der Waals surface area (Å²) in [5.74, 6) is 0.584. The maximum absolute atomic E-state index is 12.9. The SMILES string of the molecule is CO[C@@](C)(C(=O)N[C@@H]1CCCN(c2ncccn2)C1)c1ccccc1. The maximum atomic E-state index is 12.9. The van der Waals surface area contributed by atoms with Crippen molar-refractivity contribution in [1.82, 2.24) is 15.3 Å². The van der Waals surface area contributed by atoms with Gasteiger partial charge in [0.15, 0.2) is 5.60 Å². The van der Waals surface area contributed by atoms with Gasteiger partial charge in [0.1, 0.15) is 0 Å². The molecule has 1 N–H and O–H groups in total. The lowest BCUT2D eigenvalue weighted by Gasteiger charge is -2.35. The number of carbonyl (C=O) groups is 1. The molecule has 2 heterocycles. The Morgan fingerprint density at radius 3 is 2.64 bits per heavy atom. The van der Waals surface area contributed by atoms with Crippen molar-refractivity contribution in [3.63, 3.8) is 0 Å². The van der Waals surface area contributed by atoms with Crippen molar-refractivity contribution in [3.05, 3.63) is 54.4 Å². The van der Waals surface area contributed by atoms with Gasteiger partial charge in [-0.2, -0.15) is 0 Å². The number of anilines is 1. The number of methoxy groups -OCH3 is 1. The summed E-state index contributed by atoms with van der Waals surface area (Å²) in [7, 11) is 1.57. The second-order valence-electron chi connectivity index (χ2n) is 6.41. The van der Waals surface area contributed by atoms with Gasteiger partial charge < -0.3 is 15.0 Å². The fourth-order valence-corrected chi connectivity index (χ4v) is 3.15. The van der Waals surface area contributed by atoms with Crippen molar-refractivity contribution >= 4 is 11.9 Å². The molecule has 132 valence electrons. The number of rotatable bonds is 5. The Morgan fingerprint density at radius 2 is 1.96 bits per heavy atom. The molecule has 0 radical (unpaired) electrons. The lowest BCUT2D eigenvalue weighted by molar-refractivity contribution is -0.143. The summed E-state index contributed by atoms with van der Waals surface area (Å²) < 4.78 is 5.59. The monoisotopic (exact) mass is 340 g/mol. The van der Waals surface area contributed by atoms with Gasteiger partial charge in [0.2, 0.25) is 5.95 Å². The van der Waals surface area contributed by atoms with Crippen LogP contribution in [0.1, 0.15) is 25.3 Å². The van der Waals surface area contributed by atoms with E-state index in [0.717, 1.165) is 24.9 Å². The van der Waals surface area contributed by atoms with Crippen LogP contribution in [-0.4, -0.2) is 42.1 Å². The first-order chi connectivity index (χ1) is 12.1. The Kier molecular flexibility index (Phi) is 5.28. The molecule has 2 atom stereocenters. The van der Waals surface area contributed by atoms with Crippen molar-refractivity contribution in [1.29, 1.82) is 0 Å². The minimum atomic E-state index is -1.01. The molecule has 0 saturated carbocycles. The molecular weight excluding hydrogens is 316 g/mol. The molecule has 0 aliphatic carbocycles. The number of nitrogens with one attached hydrogen (secondary N) is 1. The van der Waals surface area contributed by atoms with E-state index in [9.17, 15) is 4.79 Å². The van der Waals surface area contributed by atoms with Crippen LogP contribution >= 0.6 is 0 Å². The van der Waals surface area contributed by atoms with E-state index < -0.39 is 5.60 Å². The van der Waals surface area contributed by atoms with E-state index in [-0.39, 0.29) is 11.9 Å². The molecule has 1 aromatic carbocycles. The summed E-state index contributed by atoms with van der Waals surface area (Å²) in [6.45, 7) is 3.40. The maximum Gasteiger partial charge on any atom is 0.256 e. The van der Waals surface area contributed by atoms with E-state index in [2.05, 4.69) is 20.2 Å². The zero-order chi connectivity index (χ0) is 17.7. The Hall–Kier alpha value is -2.47. The molecule has 0 bridgehead atoms. The van der Waals surface area contributed by atoms with Crippen molar-refractivity contribution in [3.8, 4) is 0 Å². The van der Waals surface area contributed by atoms with E-state index in [1.165, 1.54) is 0 Å². The summed E-state index contributed by atoms with van der Waals surface area (Å²) in [6.07, 6.45) is 5.39. The number of amides is 1. The highest BCUT2D eigenvalue weighted by Crippen LogP contribution is 2.25. The summed E-state index contributed by atoms with van der Waals surface area (Å²) in [5, 5.41) is 3.15. The van der Waals surface area contributed by atoms with Crippen molar-refractivity contribution in [2.75, 3.05) is 25.1 Å². The van der Waals surface area contributed by atoms with E-state index in [1.807, 2.05) is 30.3 Å². The summed E-state index contributed by atoms with van der Waals surface area (Å²) >= 11 is 0. The average Bonchev–Trinajstić information content (AvgIpc) is 2.69. The van der Waals surface area contributed by atoms with E-state index in [1.54, 1.807) is 32.5 Å². The Balaban J connectivity index is 1.69. The molecule has 3 rings (SSSR count). The van der Waals surface area contributed by atoms with Crippen LogP contribution in [0, 0.1) is 0 Å². The molecule has 2 aromatic rings. The van der Waals surface area contributed by atoms with Gasteiger partial charge in [-0.25, -0.2) is 9.97 Å². The van der Waals surface area contributed by atoms with Crippen LogP contribution in [0.3, 0.4) is 0 Å². The number of hydrogen-bond donors (Lipinski definition) is 1. The fourth-order valence-electron chi connectivity index (χ4n) is 3.15. The lowest BCUT2D eigenvalue weighted by atomic mass is 9.93. The standard InChI is InChI=1S/C19H24N4O2/c1-19(25-2,15-8-4-3-5-9-15)17(24)22-16-10-6-13-23(14-16)18-20-11-7-12-21-18/h3-5,7-9,11-12,16H,6,10,13-14H2,1-2H3,(H,22,24)/t16-,19-/m1/s1. The molecule has 6 nitrogen and oxygen atoms in total. The van der Waals surface area contributed by atoms with Gasteiger partial charge in [-0.15, -0.1) is 0 Å². The highest BCUT2D eigenvalue weighted by molar-refractivity contribution is 5.86. The van der Waals surface area contributed by atoms with Gasteiger partial charge in [-0.1, -0.05) is 30.3 Å². The van der Waals surface area contributed by atoms with Gasteiger partial charge >= 0.3 is 0 Å². The largest absolute Gasteiger partial charge is 0.364 e. The van der Waals surface area contributed by atoms with Crippen molar-refractivity contribution in [2.24, 2.45) is 0 Å². The molecule has 1 aromatic heterocycles. The van der Waals surface area contributed by atoms with Crippen LogP contribution in [0.2, 0.25) is 0 Å². The van der Waals surface area contributed by atoms with Gasteiger partial charge in [0, 0.05) is 38.6 Å². The highest BCUT2D eigenvalue weighted by atomic mass is 16.5. The second kappa shape index (κ2) is 7.61. The predicted octanol–water partition coefficient (Wildman–Crippen LogP) is 2.12. The molecule has 1 aliphatic rings. The van der Waals surface area contributed by atoms with E-state index >= 15 is 0 Å². The number of carbonyl (C=O) groups excluding carboxylic acids is 1. The van der Waals surface area contributed by atoms with Crippen LogP contribution < -0.4 is 10.2 Å². The van der Waals surface area contributed by atoms with Gasteiger partial charge in [-0.3, -0.25) is 4.79 Å². The molecule has 6 heteroatoms. The number of ether oxygens (including phenoxy) is 1. The topological polar surface area (TPSA) is 67.3 Å². The summed E-state index contributed by atoms with van der Waals surface area (Å²) in [5.41, 5.74) is -0.165. The van der Waals surface area contributed by atoms with Gasteiger partial charge in [-0.05, 0) is 31.4 Å². The number of piperidine rings is 1. The molecular formula is C19H24N4O2. The summed E-state index contributed by atoms with van der Waals surface area (Å²) in [6, 6.07) is 11.4. The lowest BCUT2D eigenvalue weighted by Crippen LogP contribution is -2.53. The van der Waals surface area contributed by atoms with Crippen LogP contribution in [-0.2, 0) is 15.1 Å². The van der Waals surface area contributed by atoms with Gasteiger partial charge in [0.05, 0.1) is 0 Å². The Labute approximate surface area is 148 Å². The van der Waals surface area contributed by atoms with Gasteiger partial charge in [0.25, 0.3) is 5.91 Å². The molecule has 0 unspecified atom stereocenters. The zero-order valence-electron chi connectivity index (χ0n) is 14.7. The zero-order valence-corrected chi connectivity index (χ0v) is 14.7. The third kappa shape index (κ3) is 3.79. The molecule has 0 spiro atoms. The number of nitrogens with zero attached hydrogens (tertiary/aromatic N) is 3. The molecule has 1 fully saturated rings. The van der Waals surface area contributed by atoms with Crippen molar-refractivity contribution < 1.29 is 9.53 Å². The first kappa shape index (κ1) is 17.4. The molecule has 25 heavy (non-hydrogen) atoms. The third-order valence-electron chi connectivity index (χ3n) is 4.76. The fraction of sp³-hybridized carbons (Fsp3) is 0.421. The number of benzene rings is 1. The van der Waals surface area contributed by atoms with E-state index in [4.69, 9.17) is 4.74 Å². The number of hydrogen-bond acceptors (Lipinski definition) is 5. The van der Waals surface area contributed by atoms with Crippen LogP contribution in [0.5, 0.6) is 0 Å². The van der Waals surface area contributed by atoms with E-state index in [0.29, 0.717) is 12.5 Å². The quantitative estimate of drug-likeness (QED) is 0.903. The first-order valence-electron chi connectivity index (χ1n) is 8.57. The highest BCUT2D eigenvalue weighted by Gasteiger charge is 2.37. The van der Waals surface area contributed by atoms with Crippen molar-refractivity contribution in [2.45, 2.75) is 31.4 Å². The number of aromatic nitrogens is 2. The summed E-state index contributed by atoms with van der Waals surface area (Å²) in [4.78, 5) is 23.6. The van der Waals surface area contributed by atoms with Crippen LogP contribution in [0.4, 0.5) is 5.95 Å². The second-order valence-corrected chi connectivity index (χ2v) is 6.41. The first-order valence-corrected chi connectivity index (χ1v) is 8.57. The molecule has 1 saturated heterocycles. The Bertz CT molecular complexity index is 695. The minimum absolute atomic E-state index is 0.0447. The smallest absolute Gasteiger partial charge is 0.256 e.